The van der Waals surface area contributed by atoms with Gasteiger partial charge < -0.3 is 19.7 Å². The average Bonchev–Trinajstić information content (AvgIpc) is 1.82. The summed E-state index contributed by atoms with van der Waals surface area (Å²) < 4.78 is 9.72. The van der Waals surface area contributed by atoms with Crippen LogP contribution in [0.15, 0.2) is 0 Å². The molecule has 0 spiro atoms. The molecule has 0 aliphatic rings. The summed E-state index contributed by atoms with van der Waals surface area (Å²) in [6.45, 7) is 6.73. The Balaban J connectivity index is 4.07. The van der Waals surface area contributed by atoms with Crippen molar-refractivity contribution in [3.63, 3.8) is 0 Å². The van der Waals surface area contributed by atoms with Gasteiger partial charge in [0.25, 0.3) is 0 Å². The summed E-state index contributed by atoms with van der Waals surface area (Å²) in [7, 11) is 0. The van der Waals surface area contributed by atoms with E-state index in [2.05, 4.69) is 5.32 Å². The minimum atomic E-state index is -1.71. The molecule has 0 aromatic carbocycles. The van der Waals surface area contributed by atoms with E-state index in [-0.39, 0.29) is 0 Å². The molecule has 0 rings (SSSR count). The smallest absolute Gasteiger partial charge is 0.242 e. The zero-order chi connectivity index (χ0) is 10.5. The lowest BCUT2D eigenvalue weighted by Crippen LogP contribution is -2.52. The molecule has 79 valence electrons. The van der Waals surface area contributed by atoms with Crippen LogP contribution in [0.4, 0.5) is 0 Å². The monoisotopic (exact) mass is 192 g/mol. The van der Waals surface area contributed by atoms with Crippen LogP contribution >= 0.6 is 0 Å². The highest BCUT2D eigenvalue weighted by atomic mass is 16.7. The molecule has 2 N–H and O–H groups in total. The van der Waals surface area contributed by atoms with Crippen LogP contribution in [0.2, 0.25) is 0 Å². The van der Waals surface area contributed by atoms with Crippen molar-refractivity contribution in [1.29, 1.82) is 0 Å². The topological polar surface area (TPSA) is 73.0 Å². The van der Waals surface area contributed by atoms with Crippen molar-refractivity contribution >= 4 is 0 Å². The first-order chi connectivity index (χ1) is 5.83. The molecule has 2 atom stereocenters. The van der Waals surface area contributed by atoms with Gasteiger partial charge in [-0.25, -0.2) is 0 Å². The molecule has 0 bridgehead atoms. The van der Waals surface area contributed by atoms with Crippen LogP contribution in [-0.2, 0) is 9.47 Å². The Morgan fingerprint density at radius 2 is 1.31 bits per heavy atom. The molecule has 0 aromatic rings. The van der Waals surface area contributed by atoms with Crippen molar-refractivity contribution < 1.29 is 19.7 Å². The third-order valence-corrected chi connectivity index (χ3v) is 1.25. The van der Waals surface area contributed by atoms with E-state index in [4.69, 9.17) is 9.47 Å². The number of nitrogens with zero attached hydrogens (tertiary/aromatic N) is 1. The highest BCUT2D eigenvalue weighted by Gasteiger charge is 2.34. The quantitative estimate of drug-likeness (QED) is 0.581. The molecule has 5 heteroatoms. The summed E-state index contributed by atoms with van der Waals surface area (Å²) in [5, 5.41) is 22.5. The Morgan fingerprint density at radius 1 is 1.00 bits per heavy atom. The second-order valence-corrected chi connectivity index (χ2v) is 2.85. The fraction of sp³-hybridized carbons (Fsp3) is 1.00. The molecule has 0 saturated carbocycles. The molecule has 0 aliphatic carbocycles. The van der Waals surface area contributed by atoms with Crippen LogP contribution in [0.1, 0.15) is 27.7 Å². The molecular formula is C8H18NO4. The van der Waals surface area contributed by atoms with Crippen LogP contribution in [0, 0.1) is 0 Å². The molecule has 13 heavy (non-hydrogen) atoms. The molecule has 0 amide bonds. The van der Waals surface area contributed by atoms with Crippen molar-refractivity contribution in [3.8, 4) is 0 Å². The Labute approximate surface area is 78.7 Å². The standard InChI is InChI=1S/C8H18NO4/c1-5-12-7(3,10)9-8(4,11)13-6-2/h10-11H,5-6H2,1-4H3. The molecule has 0 aliphatic heterocycles. The van der Waals surface area contributed by atoms with Gasteiger partial charge in [0.15, 0.2) is 0 Å². The van der Waals surface area contributed by atoms with E-state index >= 15 is 0 Å². The van der Waals surface area contributed by atoms with E-state index in [0.29, 0.717) is 13.2 Å². The van der Waals surface area contributed by atoms with Crippen molar-refractivity contribution in [3.05, 3.63) is 0 Å². The molecule has 2 unspecified atom stereocenters. The summed E-state index contributed by atoms with van der Waals surface area (Å²) in [5.41, 5.74) is 0. The third-order valence-electron chi connectivity index (χ3n) is 1.25. The predicted molar refractivity (Wildman–Crippen MR) is 46.6 cm³/mol. The van der Waals surface area contributed by atoms with Gasteiger partial charge >= 0.3 is 0 Å². The molecule has 5 nitrogen and oxygen atoms in total. The van der Waals surface area contributed by atoms with Gasteiger partial charge in [0.1, 0.15) is 0 Å². The van der Waals surface area contributed by atoms with Gasteiger partial charge in [-0.2, -0.15) is 0 Å². The van der Waals surface area contributed by atoms with Crippen molar-refractivity contribution in [2.45, 2.75) is 39.5 Å². The maximum Gasteiger partial charge on any atom is 0.242 e. The number of ether oxygens (including phenoxy) is 2. The van der Waals surface area contributed by atoms with Gasteiger partial charge in [-0.3, -0.25) is 0 Å². The molecule has 0 fully saturated rings. The molecule has 1 radical (unpaired) electrons. The van der Waals surface area contributed by atoms with Crippen LogP contribution in [0.5, 0.6) is 0 Å². The van der Waals surface area contributed by atoms with E-state index in [1.54, 1.807) is 13.8 Å². The SMILES string of the molecule is CCOC(C)(O)[N]C(C)(O)OCC. The zero-order valence-corrected chi connectivity index (χ0v) is 8.57. The normalized spacial score (nSPS) is 20.8. The molecule has 0 aromatic heterocycles. The van der Waals surface area contributed by atoms with E-state index in [9.17, 15) is 10.2 Å². The van der Waals surface area contributed by atoms with E-state index < -0.39 is 11.8 Å². The number of hydrogen-bond donors (Lipinski definition) is 2. The fourth-order valence-electron chi connectivity index (χ4n) is 0.996. The summed E-state index contributed by atoms with van der Waals surface area (Å²) in [6, 6.07) is 0. The number of hydrogen-bond acceptors (Lipinski definition) is 4. The third kappa shape index (κ3) is 5.95. The zero-order valence-electron chi connectivity index (χ0n) is 8.57. The maximum atomic E-state index is 9.45. The first-order valence-corrected chi connectivity index (χ1v) is 4.29. The van der Waals surface area contributed by atoms with Crippen molar-refractivity contribution in [2.24, 2.45) is 0 Å². The average molecular weight is 192 g/mol. The van der Waals surface area contributed by atoms with Crippen molar-refractivity contribution in [2.75, 3.05) is 13.2 Å². The van der Waals surface area contributed by atoms with Gasteiger partial charge in [-0.15, -0.1) is 5.32 Å². The fourth-order valence-corrected chi connectivity index (χ4v) is 0.996. The minimum absolute atomic E-state index is 0.304. The molecule has 0 saturated heterocycles. The summed E-state index contributed by atoms with van der Waals surface area (Å²) in [4.78, 5) is 0. The first-order valence-electron chi connectivity index (χ1n) is 4.29. The van der Waals surface area contributed by atoms with Gasteiger partial charge in [0.05, 0.1) is 0 Å². The van der Waals surface area contributed by atoms with Gasteiger partial charge in [-0.1, -0.05) is 0 Å². The lowest BCUT2D eigenvalue weighted by Gasteiger charge is -2.31. The predicted octanol–water partition coefficient (Wildman–Crippen LogP) is -0.00420. The van der Waals surface area contributed by atoms with Gasteiger partial charge in [0, 0.05) is 27.1 Å². The summed E-state index contributed by atoms with van der Waals surface area (Å²) in [5.74, 6) is -3.43. The van der Waals surface area contributed by atoms with E-state index in [1.807, 2.05) is 0 Å². The lowest BCUT2D eigenvalue weighted by atomic mass is 10.4. The highest BCUT2D eigenvalue weighted by Crippen LogP contribution is 2.12. The second-order valence-electron chi connectivity index (χ2n) is 2.85. The van der Waals surface area contributed by atoms with Gasteiger partial charge in [-0.05, 0) is 13.8 Å². The lowest BCUT2D eigenvalue weighted by molar-refractivity contribution is -0.305. The largest absolute Gasteiger partial charge is 0.352 e. The van der Waals surface area contributed by atoms with Crippen LogP contribution < -0.4 is 5.32 Å². The Hall–Kier alpha value is -0.200. The van der Waals surface area contributed by atoms with Crippen LogP contribution in [0.3, 0.4) is 0 Å². The second kappa shape index (κ2) is 4.88. The van der Waals surface area contributed by atoms with Crippen LogP contribution in [0.25, 0.3) is 0 Å². The van der Waals surface area contributed by atoms with E-state index in [1.165, 1.54) is 13.8 Å². The molecule has 0 heterocycles. The Morgan fingerprint density at radius 3 is 1.54 bits per heavy atom. The minimum Gasteiger partial charge on any atom is -0.352 e. The molecular weight excluding hydrogens is 174 g/mol. The highest BCUT2D eigenvalue weighted by molar-refractivity contribution is 4.63. The first kappa shape index (κ1) is 12.8. The number of aliphatic hydroxyl groups is 2. The van der Waals surface area contributed by atoms with Crippen LogP contribution in [-0.4, -0.2) is 35.2 Å². The maximum absolute atomic E-state index is 9.45. The Kier molecular flexibility index (Phi) is 4.80. The van der Waals surface area contributed by atoms with Crippen molar-refractivity contribution in [1.82, 2.24) is 5.32 Å². The summed E-state index contributed by atoms with van der Waals surface area (Å²) in [6.07, 6.45) is 0. The van der Waals surface area contributed by atoms with Gasteiger partial charge in [0.2, 0.25) is 11.8 Å². The summed E-state index contributed by atoms with van der Waals surface area (Å²) >= 11 is 0. The number of rotatable bonds is 6. The van der Waals surface area contributed by atoms with E-state index in [0.717, 1.165) is 0 Å². The Bertz CT molecular complexity index is 131.